The number of furan rings is 1. The number of hydrogen-bond donors (Lipinski definition) is 1. The van der Waals surface area contributed by atoms with Crippen molar-refractivity contribution in [3.8, 4) is 17.2 Å². The van der Waals surface area contributed by atoms with Crippen molar-refractivity contribution in [3.63, 3.8) is 0 Å². The maximum Gasteiger partial charge on any atom is 0.307 e. The molecule has 0 saturated carbocycles. The molecular weight excluding hydrogens is 524 g/mol. The SMILES string of the molecule is CCOc1ccc2oc(C(=O)N/N=C/c3cc(Br)c(OCc4ccc(C)cc4)c(OCC)c3)cc2c1. The van der Waals surface area contributed by atoms with Crippen LogP contribution in [0.4, 0.5) is 0 Å². The van der Waals surface area contributed by atoms with Crippen molar-refractivity contribution in [1.29, 1.82) is 0 Å². The van der Waals surface area contributed by atoms with E-state index in [-0.39, 0.29) is 5.76 Å². The summed E-state index contributed by atoms with van der Waals surface area (Å²) in [4.78, 5) is 12.5. The molecule has 1 N–H and O–H groups in total. The lowest BCUT2D eigenvalue weighted by Gasteiger charge is -2.14. The number of amides is 1. The standard InChI is InChI=1S/C28H27BrN2O5/c1-4-33-22-10-11-24-21(14-22)15-26(36-24)28(32)31-30-16-20-12-23(29)27(25(13-20)34-5-2)35-17-19-8-6-18(3)7-9-19/h6-16H,4-5,17H2,1-3H3,(H,31,32)/b30-16+. The van der Waals surface area contributed by atoms with Gasteiger partial charge in [0, 0.05) is 5.39 Å². The molecule has 1 amide bonds. The summed E-state index contributed by atoms with van der Waals surface area (Å²) in [5.41, 5.74) is 6.08. The summed E-state index contributed by atoms with van der Waals surface area (Å²) in [5.74, 6) is 1.61. The first-order valence-electron chi connectivity index (χ1n) is 11.6. The summed E-state index contributed by atoms with van der Waals surface area (Å²) in [6, 6.07) is 18.9. The Morgan fingerprint density at radius 2 is 1.78 bits per heavy atom. The maximum absolute atomic E-state index is 12.5. The van der Waals surface area contributed by atoms with Crippen molar-refractivity contribution in [2.75, 3.05) is 13.2 Å². The predicted octanol–water partition coefficient (Wildman–Crippen LogP) is 6.64. The molecule has 0 aliphatic carbocycles. The Morgan fingerprint density at radius 1 is 1.00 bits per heavy atom. The van der Waals surface area contributed by atoms with Crippen molar-refractivity contribution in [3.05, 3.63) is 87.6 Å². The van der Waals surface area contributed by atoms with E-state index in [1.165, 1.54) is 11.8 Å². The van der Waals surface area contributed by atoms with Gasteiger partial charge < -0.3 is 18.6 Å². The zero-order valence-corrected chi connectivity index (χ0v) is 21.9. The lowest BCUT2D eigenvalue weighted by atomic mass is 10.2. The van der Waals surface area contributed by atoms with Crippen LogP contribution in [0.1, 0.15) is 41.1 Å². The first kappa shape index (κ1) is 25.3. The zero-order chi connectivity index (χ0) is 25.5. The van der Waals surface area contributed by atoms with Crippen LogP contribution >= 0.6 is 15.9 Å². The van der Waals surface area contributed by atoms with Crippen LogP contribution in [0.2, 0.25) is 0 Å². The molecule has 8 heteroatoms. The van der Waals surface area contributed by atoms with E-state index in [4.69, 9.17) is 18.6 Å². The topological polar surface area (TPSA) is 82.3 Å². The minimum Gasteiger partial charge on any atom is -0.494 e. The van der Waals surface area contributed by atoms with Crippen LogP contribution in [0.15, 0.2) is 74.7 Å². The lowest BCUT2D eigenvalue weighted by molar-refractivity contribution is 0.0929. The molecule has 0 spiro atoms. The Labute approximate surface area is 218 Å². The van der Waals surface area contributed by atoms with Crippen LogP contribution < -0.4 is 19.6 Å². The Bertz CT molecular complexity index is 1380. The number of ether oxygens (including phenoxy) is 3. The largest absolute Gasteiger partial charge is 0.494 e. The molecule has 4 aromatic rings. The first-order chi connectivity index (χ1) is 17.5. The molecule has 36 heavy (non-hydrogen) atoms. The molecule has 1 heterocycles. The quantitative estimate of drug-likeness (QED) is 0.176. The fourth-order valence-electron chi connectivity index (χ4n) is 3.52. The number of nitrogens with zero attached hydrogens (tertiary/aromatic N) is 1. The summed E-state index contributed by atoms with van der Waals surface area (Å²) < 4.78 is 23.7. The van der Waals surface area contributed by atoms with Gasteiger partial charge in [0.2, 0.25) is 0 Å². The molecule has 1 aromatic heterocycles. The second-order valence-electron chi connectivity index (χ2n) is 7.98. The van der Waals surface area contributed by atoms with Crippen molar-refractivity contribution in [2.45, 2.75) is 27.4 Å². The van der Waals surface area contributed by atoms with Gasteiger partial charge >= 0.3 is 5.91 Å². The second-order valence-corrected chi connectivity index (χ2v) is 8.83. The number of carbonyl (C=O) groups excluding carboxylic acids is 1. The van der Waals surface area contributed by atoms with Gasteiger partial charge in [0.25, 0.3) is 0 Å². The summed E-state index contributed by atoms with van der Waals surface area (Å²) in [6.45, 7) is 7.31. The number of nitrogens with one attached hydrogen (secondary N) is 1. The second kappa shape index (κ2) is 11.8. The maximum atomic E-state index is 12.5. The summed E-state index contributed by atoms with van der Waals surface area (Å²) in [7, 11) is 0. The molecule has 7 nitrogen and oxygen atoms in total. The Hall–Kier alpha value is -3.78. The average Bonchev–Trinajstić information content (AvgIpc) is 3.29. The van der Waals surface area contributed by atoms with Crippen LogP contribution in [0.3, 0.4) is 0 Å². The van der Waals surface area contributed by atoms with Crippen molar-refractivity contribution >= 4 is 39.0 Å². The summed E-state index contributed by atoms with van der Waals surface area (Å²) in [6.07, 6.45) is 1.53. The number of aryl methyl sites for hydroxylation is 1. The normalized spacial score (nSPS) is 11.1. The van der Waals surface area contributed by atoms with Crippen molar-refractivity contribution in [1.82, 2.24) is 5.43 Å². The van der Waals surface area contributed by atoms with Gasteiger partial charge in [-0.2, -0.15) is 5.10 Å². The van der Waals surface area contributed by atoms with E-state index in [1.54, 1.807) is 18.2 Å². The van der Waals surface area contributed by atoms with E-state index in [0.29, 0.717) is 36.9 Å². The fourth-order valence-corrected chi connectivity index (χ4v) is 4.09. The Kier molecular flexibility index (Phi) is 8.28. The van der Waals surface area contributed by atoms with Crippen molar-refractivity contribution in [2.24, 2.45) is 5.10 Å². The number of hydrazone groups is 1. The smallest absolute Gasteiger partial charge is 0.307 e. The van der Waals surface area contributed by atoms with Crippen LogP contribution in [-0.4, -0.2) is 25.3 Å². The van der Waals surface area contributed by atoms with Gasteiger partial charge in [-0.05, 0) is 84.2 Å². The molecule has 0 aliphatic heterocycles. The molecule has 0 aliphatic rings. The fraction of sp³-hybridized carbons (Fsp3) is 0.214. The minimum atomic E-state index is -0.456. The third-order valence-corrected chi connectivity index (χ3v) is 5.83. The number of rotatable bonds is 10. The molecule has 186 valence electrons. The van der Waals surface area contributed by atoms with Crippen molar-refractivity contribution < 1.29 is 23.4 Å². The van der Waals surface area contributed by atoms with Gasteiger partial charge in [-0.1, -0.05) is 29.8 Å². The van der Waals surface area contributed by atoms with Crippen LogP contribution in [0.25, 0.3) is 11.0 Å². The van der Waals surface area contributed by atoms with Crippen LogP contribution in [-0.2, 0) is 6.61 Å². The molecule has 3 aromatic carbocycles. The van der Waals surface area contributed by atoms with Gasteiger partial charge in [-0.15, -0.1) is 0 Å². The van der Waals surface area contributed by atoms with Crippen LogP contribution in [0, 0.1) is 6.92 Å². The summed E-state index contributed by atoms with van der Waals surface area (Å²) >= 11 is 3.57. The van der Waals surface area contributed by atoms with Gasteiger partial charge in [0.15, 0.2) is 17.3 Å². The highest BCUT2D eigenvalue weighted by atomic mass is 79.9. The number of benzene rings is 3. The molecule has 0 bridgehead atoms. The predicted molar refractivity (Wildman–Crippen MR) is 143 cm³/mol. The average molecular weight is 551 g/mol. The van der Waals surface area contributed by atoms with E-state index in [2.05, 4.69) is 38.6 Å². The highest BCUT2D eigenvalue weighted by Gasteiger charge is 2.14. The van der Waals surface area contributed by atoms with Gasteiger partial charge in [-0.25, -0.2) is 5.43 Å². The minimum absolute atomic E-state index is 0.159. The zero-order valence-electron chi connectivity index (χ0n) is 20.3. The molecule has 0 saturated heterocycles. The Morgan fingerprint density at radius 3 is 2.53 bits per heavy atom. The Balaban J connectivity index is 1.44. The number of hydrogen-bond acceptors (Lipinski definition) is 6. The molecule has 0 fully saturated rings. The lowest BCUT2D eigenvalue weighted by Crippen LogP contribution is -2.16. The molecule has 0 radical (unpaired) electrons. The van der Waals surface area contributed by atoms with Gasteiger partial charge in [0.1, 0.15) is 17.9 Å². The highest BCUT2D eigenvalue weighted by molar-refractivity contribution is 9.10. The molecule has 0 atom stereocenters. The van der Waals surface area contributed by atoms with Crippen LogP contribution in [0.5, 0.6) is 17.2 Å². The van der Waals surface area contributed by atoms with E-state index < -0.39 is 5.91 Å². The molecular formula is C28H27BrN2O5. The van der Waals surface area contributed by atoms with E-state index in [1.807, 2.05) is 51.1 Å². The number of carbonyl (C=O) groups is 1. The van der Waals surface area contributed by atoms with E-state index in [0.717, 1.165) is 26.7 Å². The molecule has 4 rings (SSSR count). The summed E-state index contributed by atoms with van der Waals surface area (Å²) in [5, 5.41) is 4.86. The molecule has 0 unspecified atom stereocenters. The third kappa shape index (κ3) is 6.26. The first-order valence-corrected chi connectivity index (χ1v) is 12.4. The van der Waals surface area contributed by atoms with E-state index in [9.17, 15) is 4.79 Å². The van der Waals surface area contributed by atoms with Gasteiger partial charge in [-0.3, -0.25) is 4.79 Å². The monoisotopic (exact) mass is 550 g/mol. The third-order valence-electron chi connectivity index (χ3n) is 5.24. The van der Waals surface area contributed by atoms with E-state index >= 15 is 0 Å². The number of halogens is 1. The highest BCUT2D eigenvalue weighted by Crippen LogP contribution is 2.37. The number of fused-ring (bicyclic) bond motifs is 1. The van der Waals surface area contributed by atoms with Gasteiger partial charge in [0.05, 0.1) is 23.9 Å².